The lowest BCUT2D eigenvalue weighted by molar-refractivity contribution is 0.230. The van der Waals surface area contributed by atoms with Gasteiger partial charge in [-0.05, 0) is 50.1 Å². The van der Waals surface area contributed by atoms with Gasteiger partial charge in [-0.1, -0.05) is 0 Å². The summed E-state index contributed by atoms with van der Waals surface area (Å²) in [5, 5.41) is 0. The predicted molar refractivity (Wildman–Crippen MR) is 75.8 cm³/mol. The molecule has 2 aliphatic heterocycles. The lowest BCUT2D eigenvalue weighted by Gasteiger charge is -2.40. The Hall–Kier alpha value is -1.13. The number of nitrogens with two attached hydrogens (primary N) is 1. The zero-order valence-corrected chi connectivity index (χ0v) is 11.5. The molecule has 2 heterocycles. The van der Waals surface area contributed by atoms with Crippen LogP contribution in [-0.2, 0) is 0 Å². The molecule has 2 unspecified atom stereocenters. The van der Waals surface area contributed by atoms with Gasteiger partial charge >= 0.3 is 0 Å². The van der Waals surface area contributed by atoms with Gasteiger partial charge in [-0.3, -0.25) is 4.90 Å². The molecule has 2 N–H and O–H groups in total. The van der Waals surface area contributed by atoms with Gasteiger partial charge in [0.05, 0.1) is 0 Å². The van der Waals surface area contributed by atoms with Crippen molar-refractivity contribution >= 4 is 5.69 Å². The Balaban J connectivity index is 1.85. The van der Waals surface area contributed by atoms with Gasteiger partial charge < -0.3 is 10.6 Å². The van der Waals surface area contributed by atoms with E-state index in [1.54, 1.807) is 12.1 Å². The van der Waals surface area contributed by atoms with Gasteiger partial charge in [0.2, 0.25) is 0 Å². The molecule has 3 nitrogen and oxygen atoms in total. The summed E-state index contributed by atoms with van der Waals surface area (Å²) < 4.78 is 13.4. The molecule has 104 valence electrons. The molecule has 0 saturated carbocycles. The zero-order valence-electron chi connectivity index (χ0n) is 11.5. The maximum absolute atomic E-state index is 13.4. The second-order valence-corrected chi connectivity index (χ2v) is 5.77. The normalized spacial score (nSPS) is 25.4. The minimum Gasteiger partial charge on any atom is -0.368 e. The van der Waals surface area contributed by atoms with Crippen LogP contribution in [0.5, 0.6) is 0 Å². The second kappa shape index (κ2) is 5.10. The first-order valence-electron chi connectivity index (χ1n) is 7.19. The molecule has 0 bridgehead atoms. The molecule has 4 heteroatoms. The molecule has 3 rings (SSSR count). The van der Waals surface area contributed by atoms with Gasteiger partial charge in [-0.2, -0.15) is 0 Å². The highest BCUT2D eigenvalue weighted by atomic mass is 19.1. The van der Waals surface area contributed by atoms with Crippen LogP contribution in [0.2, 0.25) is 0 Å². The molecule has 2 atom stereocenters. The lowest BCUT2D eigenvalue weighted by atomic mass is 10.0. The molecule has 1 aromatic rings. The maximum atomic E-state index is 13.4. The van der Waals surface area contributed by atoms with Gasteiger partial charge in [0.1, 0.15) is 5.82 Å². The van der Waals surface area contributed by atoms with Gasteiger partial charge in [-0.25, -0.2) is 4.39 Å². The van der Waals surface area contributed by atoms with Gasteiger partial charge in [0, 0.05) is 37.4 Å². The average molecular weight is 263 g/mol. The average Bonchev–Trinajstić information content (AvgIpc) is 2.85. The van der Waals surface area contributed by atoms with Gasteiger partial charge in [0.25, 0.3) is 0 Å². The third-order valence-corrected chi connectivity index (χ3v) is 4.41. The summed E-state index contributed by atoms with van der Waals surface area (Å²) in [5.74, 6) is -0.199. The molecule has 2 aliphatic rings. The Kier molecular flexibility index (Phi) is 3.46. The SMILES string of the molecule is CC(N)c1cc(F)ccc1N1CCN2CCCC2C1. The van der Waals surface area contributed by atoms with Crippen molar-refractivity contribution in [1.82, 2.24) is 4.90 Å². The van der Waals surface area contributed by atoms with E-state index in [2.05, 4.69) is 9.80 Å². The highest BCUT2D eigenvalue weighted by Gasteiger charge is 2.31. The van der Waals surface area contributed by atoms with Crippen LogP contribution >= 0.6 is 0 Å². The summed E-state index contributed by atoms with van der Waals surface area (Å²) >= 11 is 0. The van der Waals surface area contributed by atoms with Crippen molar-refractivity contribution in [1.29, 1.82) is 0 Å². The molecule has 19 heavy (non-hydrogen) atoms. The van der Waals surface area contributed by atoms with Crippen molar-refractivity contribution in [2.75, 3.05) is 31.1 Å². The van der Waals surface area contributed by atoms with E-state index in [1.807, 2.05) is 13.0 Å². The number of halogens is 1. The van der Waals surface area contributed by atoms with Gasteiger partial charge in [0.15, 0.2) is 0 Å². The van der Waals surface area contributed by atoms with E-state index in [0.29, 0.717) is 6.04 Å². The molecule has 1 aromatic carbocycles. The summed E-state index contributed by atoms with van der Waals surface area (Å²) in [6.07, 6.45) is 2.59. The van der Waals surface area contributed by atoms with Crippen molar-refractivity contribution in [3.63, 3.8) is 0 Å². The van der Waals surface area contributed by atoms with Crippen LogP contribution in [-0.4, -0.2) is 37.1 Å². The standard InChI is InChI=1S/C15H22FN3/c1-11(17)14-9-12(16)4-5-15(14)19-8-7-18-6-2-3-13(18)10-19/h4-5,9,11,13H,2-3,6-8,10,17H2,1H3. The Labute approximate surface area is 114 Å². The third-order valence-electron chi connectivity index (χ3n) is 4.41. The minimum atomic E-state index is -0.199. The highest BCUT2D eigenvalue weighted by molar-refractivity contribution is 5.55. The van der Waals surface area contributed by atoms with Crippen LogP contribution in [0.15, 0.2) is 18.2 Å². The molecular weight excluding hydrogens is 241 g/mol. The van der Waals surface area contributed by atoms with Crippen LogP contribution in [0.4, 0.5) is 10.1 Å². The lowest BCUT2D eigenvalue weighted by Crippen LogP contribution is -2.50. The summed E-state index contributed by atoms with van der Waals surface area (Å²) in [4.78, 5) is 4.95. The largest absolute Gasteiger partial charge is 0.368 e. The smallest absolute Gasteiger partial charge is 0.123 e. The first-order valence-corrected chi connectivity index (χ1v) is 7.19. The Morgan fingerprint density at radius 1 is 1.32 bits per heavy atom. The number of rotatable bonds is 2. The predicted octanol–water partition coefficient (Wildman–Crippen LogP) is 2.13. The molecule has 0 amide bonds. The molecule has 2 saturated heterocycles. The van der Waals surface area contributed by atoms with E-state index in [-0.39, 0.29) is 11.9 Å². The van der Waals surface area contributed by atoms with E-state index in [4.69, 9.17) is 5.73 Å². The molecule has 0 aromatic heterocycles. The van der Waals surface area contributed by atoms with Crippen molar-refractivity contribution < 1.29 is 4.39 Å². The fourth-order valence-corrected chi connectivity index (χ4v) is 3.39. The number of benzene rings is 1. The summed E-state index contributed by atoms with van der Waals surface area (Å²) in [5.41, 5.74) is 8.03. The van der Waals surface area contributed by atoms with E-state index < -0.39 is 0 Å². The van der Waals surface area contributed by atoms with Crippen LogP contribution < -0.4 is 10.6 Å². The minimum absolute atomic E-state index is 0.132. The van der Waals surface area contributed by atoms with Gasteiger partial charge in [-0.15, -0.1) is 0 Å². The number of piperazine rings is 1. The second-order valence-electron chi connectivity index (χ2n) is 5.77. The first kappa shape index (κ1) is 12.9. The van der Waals surface area contributed by atoms with Crippen LogP contribution in [0, 0.1) is 5.82 Å². The Morgan fingerprint density at radius 2 is 2.16 bits per heavy atom. The molecule has 0 spiro atoms. The molecule has 0 aliphatic carbocycles. The molecule has 2 fully saturated rings. The zero-order chi connectivity index (χ0) is 13.4. The van der Waals surface area contributed by atoms with E-state index in [0.717, 1.165) is 30.9 Å². The first-order chi connectivity index (χ1) is 9.15. The molecular formula is C15H22FN3. The summed E-state index contributed by atoms with van der Waals surface area (Å²) in [6.45, 7) is 6.33. The number of hydrogen-bond donors (Lipinski definition) is 1. The van der Waals surface area contributed by atoms with E-state index >= 15 is 0 Å². The van der Waals surface area contributed by atoms with Crippen LogP contribution in [0.3, 0.4) is 0 Å². The van der Waals surface area contributed by atoms with Crippen molar-refractivity contribution in [3.05, 3.63) is 29.6 Å². The fourth-order valence-electron chi connectivity index (χ4n) is 3.39. The number of fused-ring (bicyclic) bond motifs is 1. The van der Waals surface area contributed by atoms with Crippen molar-refractivity contribution in [3.8, 4) is 0 Å². The van der Waals surface area contributed by atoms with E-state index in [1.165, 1.54) is 19.4 Å². The van der Waals surface area contributed by atoms with E-state index in [9.17, 15) is 4.39 Å². The number of anilines is 1. The van der Waals surface area contributed by atoms with Crippen molar-refractivity contribution in [2.24, 2.45) is 5.73 Å². The number of hydrogen-bond acceptors (Lipinski definition) is 3. The quantitative estimate of drug-likeness (QED) is 0.887. The monoisotopic (exact) mass is 263 g/mol. The summed E-state index contributed by atoms with van der Waals surface area (Å²) in [6, 6.07) is 5.55. The third kappa shape index (κ3) is 2.47. The fraction of sp³-hybridized carbons (Fsp3) is 0.600. The number of nitrogens with zero attached hydrogens (tertiary/aromatic N) is 2. The highest BCUT2D eigenvalue weighted by Crippen LogP contribution is 2.30. The Bertz CT molecular complexity index is 461. The van der Waals surface area contributed by atoms with Crippen LogP contribution in [0.1, 0.15) is 31.4 Å². The maximum Gasteiger partial charge on any atom is 0.123 e. The van der Waals surface area contributed by atoms with Crippen molar-refractivity contribution in [2.45, 2.75) is 31.8 Å². The Morgan fingerprint density at radius 3 is 2.95 bits per heavy atom. The molecule has 0 radical (unpaired) electrons. The summed E-state index contributed by atoms with van der Waals surface area (Å²) in [7, 11) is 0. The van der Waals surface area contributed by atoms with Crippen LogP contribution in [0.25, 0.3) is 0 Å². The topological polar surface area (TPSA) is 32.5 Å².